The highest BCUT2D eigenvalue weighted by Crippen LogP contribution is 2.21. The van der Waals surface area contributed by atoms with Crippen molar-refractivity contribution in [3.05, 3.63) is 0 Å². The van der Waals surface area contributed by atoms with Crippen LogP contribution in [0.2, 0.25) is 0 Å². The molecule has 0 aromatic rings. The lowest BCUT2D eigenvalue weighted by molar-refractivity contribution is -0.137. The van der Waals surface area contributed by atoms with Gasteiger partial charge in [-0.3, -0.25) is 9.59 Å². The second-order valence-electron chi connectivity index (χ2n) is 11.3. The normalized spacial score (nSPS) is 11.7. The summed E-state index contributed by atoms with van der Waals surface area (Å²) >= 11 is 3.53. The number of carboxylic acids is 2. The smallest absolute Gasteiger partial charge is 0.317 e. The van der Waals surface area contributed by atoms with E-state index in [2.05, 4.69) is 13.8 Å². The van der Waals surface area contributed by atoms with Crippen LogP contribution in [0.25, 0.3) is 0 Å². The zero-order valence-corrected chi connectivity index (χ0v) is 28.5. The molecule has 240 valence electrons. The Morgan fingerprint density at radius 1 is 0.500 bits per heavy atom. The van der Waals surface area contributed by atoms with E-state index in [-0.39, 0.29) is 11.7 Å². The van der Waals surface area contributed by atoms with Crippen molar-refractivity contribution in [2.24, 2.45) is 0 Å². The van der Waals surface area contributed by atoms with Gasteiger partial charge in [0, 0.05) is 12.2 Å². The van der Waals surface area contributed by atoms with Crippen molar-refractivity contribution in [2.45, 2.75) is 187 Å². The van der Waals surface area contributed by atoms with Crippen LogP contribution in [0.3, 0.4) is 0 Å². The molecule has 0 bridgehead atoms. The third-order valence-electron chi connectivity index (χ3n) is 7.31. The summed E-state index contributed by atoms with van der Waals surface area (Å²) in [6.45, 7) is 6.16. The molecule has 1 unspecified atom stereocenters. The number of aliphatic carboxylic acids is 2. The number of rotatable bonds is 31. The standard InChI is InChI=1S/C31H62O2S2.C3H6O2/c1-3-5-7-9-11-13-15-17-19-21-23-25-27-34-29-30(31(32)33)35-28-26-24-22-20-18-16-14-12-10-8-6-4-2;1-2-3(4)5/h30H,3-29H2,1-2H3,(H,32,33);2H2,1H3,(H,4,5). The van der Waals surface area contributed by atoms with Gasteiger partial charge in [-0.2, -0.15) is 11.8 Å². The maximum atomic E-state index is 11.6. The summed E-state index contributed by atoms with van der Waals surface area (Å²) in [5.41, 5.74) is 0. The van der Waals surface area contributed by atoms with Crippen LogP contribution in [0.15, 0.2) is 0 Å². The molecule has 0 heterocycles. The molecule has 0 aliphatic heterocycles. The van der Waals surface area contributed by atoms with Crippen molar-refractivity contribution in [3.63, 3.8) is 0 Å². The molecule has 1 atom stereocenters. The first-order chi connectivity index (χ1) is 19.5. The van der Waals surface area contributed by atoms with Crippen LogP contribution >= 0.6 is 23.5 Å². The fraction of sp³-hybridized carbons (Fsp3) is 0.941. The second kappa shape index (κ2) is 36.7. The van der Waals surface area contributed by atoms with E-state index in [1.165, 1.54) is 154 Å². The molecule has 0 aliphatic rings. The largest absolute Gasteiger partial charge is 0.481 e. The molecule has 0 amide bonds. The van der Waals surface area contributed by atoms with Gasteiger partial charge in [0.15, 0.2) is 0 Å². The summed E-state index contributed by atoms with van der Waals surface area (Å²) in [7, 11) is 0. The van der Waals surface area contributed by atoms with Crippen molar-refractivity contribution < 1.29 is 19.8 Å². The molecule has 0 spiro atoms. The number of carboxylic acid groups (broad SMARTS) is 2. The predicted molar refractivity (Wildman–Crippen MR) is 181 cm³/mol. The molecule has 6 heteroatoms. The van der Waals surface area contributed by atoms with E-state index >= 15 is 0 Å². The molecular weight excluding hydrogens is 537 g/mol. The lowest BCUT2D eigenvalue weighted by Gasteiger charge is -2.12. The Hall–Kier alpha value is -0.360. The predicted octanol–water partition coefficient (Wildman–Crippen LogP) is 11.8. The van der Waals surface area contributed by atoms with Crippen molar-refractivity contribution in [2.75, 3.05) is 17.3 Å². The zero-order valence-electron chi connectivity index (χ0n) is 26.9. The van der Waals surface area contributed by atoms with Crippen molar-refractivity contribution in [1.82, 2.24) is 0 Å². The summed E-state index contributed by atoms with van der Waals surface area (Å²) in [5, 5.41) is 17.0. The van der Waals surface area contributed by atoms with Gasteiger partial charge < -0.3 is 10.2 Å². The van der Waals surface area contributed by atoms with E-state index in [0.717, 1.165) is 17.3 Å². The SMILES string of the molecule is CCC(=O)O.CCCCCCCCCCCCCCSCC(SCCCCCCCCCCCCCC)C(=O)O. The van der Waals surface area contributed by atoms with Crippen LogP contribution in [0.5, 0.6) is 0 Å². The first-order valence-corrected chi connectivity index (χ1v) is 19.3. The minimum absolute atomic E-state index is 0.218. The Kier molecular flexibility index (Phi) is 38.3. The van der Waals surface area contributed by atoms with Crippen LogP contribution in [0.1, 0.15) is 181 Å². The molecule has 2 N–H and O–H groups in total. The van der Waals surface area contributed by atoms with Crippen molar-refractivity contribution in [1.29, 1.82) is 0 Å². The van der Waals surface area contributed by atoms with E-state index in [9.17, 15) is 14.7 Å². The maximum Gasteiger partial charge on any atom is 0.317 e. The van der Waals surface area contributed by atoms with Gasteiger partial charge in [-0.25, -0.2) is 0 Å². The lowest BCUT2D eigenvalue weighted by Crippen LogP contribution is -2.20. The summed E-state index contributed by atoms with van der Waals surface area (Å²) in [4.78, 5) is 20.9. The number of thioether (sulfide) groups is 2. The molecule has 0 saturated heterocycles. The van der Waals surface area contributed by atoms with Crippen LogP contribution in [0, 0.1) is 0 Å². The van der Waals surface area contributed by atoms with Crippen molar-refractivity contribution >= 4 is 35.5 Å². The van der Waals surface area contributed by atoms with E-state index in [1.807, 2.05) is 11.8 Å². The van der Waals surface area contributed by atoms with Gasteiger partial charge in [0.2, 0.25) is 0 Å². The highest BCUT2D eigenvalue weighted by molar-refractivity contribution is 8.03. The van der Waals surface area contributed by atoms with E-state index < -0.39 is 11.9 Å². The molecule has 0 saturated carbocycles. The van der Waals surface area contributed by atoms with Crippen LogP contribution < -0.4 is 0 Å². The number of hydrogen-bond acceptors (Lipinski definition) is 4. The second-order valence-corrected chi connectivity index (χ2v) is 13.8. The Morgan fingerprint density at radius 3 is 1.10 bits per heavy atom. The van der Waals surface area contributed by atoms with Gasteiger partial charge >= 0.3 is 11.9 Å². The third-order valence-corrected chi connectivity index (χ3v) is 9.96. The van der Waals surface area contributed by atoms with Crippen LogP contribution in [0.4, 0.5) is 0 Å². The maximum absolute atomic E-state index is 11.6. The summed E-state index contributed by atoms with van der Waals surface area (Å²) < 4.78 is 0. The van der Waals surface area contributed by atoms with Gasteiger partial charge in [-0.05, 0) is 24.3 Å². The third kappa shape index (κ3) is 37.6. The average Bonchev–Trinajstić information content (AvgIpc) is 2.94. The molecule has 0 radical (unpaired) electrons. The summed E-state index contributed by atoms with van der Waals surface area (Å²) in [6, 6.07) is 0. The lowest BCUT2D eigenvalue weighted by atomic mass is 10.1. The van der Waals surface area contributed by atoms with Gasteiger partial charge in [0.05, 0.1) is 0 Å². The quantitative estimate of drug-likeness (QED) is 0.0767. The first kappa shape index (κ1) is 41.8. The van der Waals surface area contributed by atoms with E-state index in [0.29, 0.717) is 0 Å². The highest BCUT2D eigenvalue weighted by Gasteiger charge is 2.17. The van der Waals surface area contributed by atoms with Gasteiger partial charge in [0.1, 0.15) is 5.25 Å². The molecular formula is C34H68O4S2. The number of hydrogen-bond donors (Lipinski definition) is 2. The summed E-state index contributed by atoms with van der Waals surface area (Å²) in [6.07, 6.45) is 33.1. The Balaban J connectivity index is 0. The van der Waals surface area contributed by atoms with Crippen molar-refractivity contribution in [3.8, 4) is 0 Å². The molecule has 0 fully saturated rings. The van der Waals surface area contributed by atoms with E-state index in [4.69, 9.17) is 5.11 Å². The van der Waals surface area contributed by atoms with Crippen LogP contribution in [-0.4, -0.2) is 44.7 Å². The van der Waals surface area contributed by atoms with Gasteiger partial charge in [-0.1, -0.05) is 162 Å². The minimum atomic E-state index is -0.745. The topological polar surface area (TPSA) is 74.6 Å². The van der Waals surface area contributed by atoms with Gasteiger partial charge in [-0.15, -0.1) is 11.8 Å². The van der Waals surface area contributed by atoms with E-state index in [1.54, 1.807) is 18.7 Å². The van der Waals surface area contributed by atoms with Crippen LogP contribution in [-0.2, 0) is 9.59 Å². The molecule has 0 rings (SSSR count). The van der Waals surface area contributed by atoms with Gasteiger partial charge in [0.25, 0.3) is 0 Å². The number of unbranched alkanes of at least 4 members (excludes halogenated alkanes) is 22. The fourth-order valence-corrected chi connectivity index (χ4v) is 7.00. The highest BCUT2D eigenvalue weighted by atomic mass is 32.2. The first-order valence-electron chi connectivity index (χ1n) is 17.1. The number of carbonyl (C=O) groups is 2. The Labute approximate surface area is 258 Å². The fourth-order valence-electron chi connectivity index (χ4n) is 4.59. The molecule has 40 heavy (non-hydrogen) atoms. The monoisotopic (exact) mass is 604 g/mol. The molecule has 0 aliphatic carbocycles. The summed E-state index contributed by atoms with van der Waals surface area (Å²) in [5.74, 6) is 1.55. The molecule has 4 nitrogen and oxygen atoms in total. The Bertz CT molecular complexity index is 516. The average molecular weight is 605 g/mol. The Morgan fingerprint density at radius 2 is 0.800 bits per heavy atom. The molecule has 0 aromatic carbocycles. The minimum Gasteiger partial charge on any atom is -0.481 e. The zero-order chi connectivity index (χ0) is 29.9. The molecule has 0 aromatic heterocycles.